The number of hydrogen-bond donors (Lipinski definition) is 2. The van der Waals surface area contributed by atoms with Crippen LogP contribution in [0.1, 0.15) is 38.8 Å². The van der Waals surface area contributed by atoms with Gasteiger partial charge in [0.15, 0.2) is 0 Å². The number of rotatable bonds is 2. The molecule has 0 radical (unpaired) electrons. The zero-order chi connectivity index (χ0) is 23.0. The monoisotopic (exact) mass is 426 g/mol. The minimum absolute atomic E-state index is 0.141. The second-order valence-electron chi connectivity index (χ2n) is 9.99. The fourth-order valence-corrected chi connectivity index (χ4v) is 5.52. The van der Waals surface area contributed by atoms with Gasteiger partial charge in [0.2, 0.25) is 0 Å². The molecule has 2 aromatic rings. The lowest BCUT2D eigenvalue weighted by Crippen LogP contribution is -2.25. The summed E-state index contributed by atoms with van der Waals surface area (Å²) in [5, 5.41) is 21.9. The van der Waals surface area contributed by atoms with Gasteiger partial charge in [-0.3, -0.25) is 0 Å². The minimum Gasteiger partial charge on any atom is -0.506 e. The summed E-state index contributed by atoms with van der Waals surface area (Å²) in [6, 6.07) is 16.7. The molecule has 2 aliphatic heterocycles. The summed E-state index contributed by atoms with van der Waals surface area (Å²) in [6.07, 6.45) is 3.84. The third-order valence-electron chi connectivity index (χ3n) is 7.46. The van der Waals surface area contributed by atoms with Gasteiger partial charge in [-0.2, -0.15) is 0 Å². The highest BCUT2D eigenvalue weighted by atomic mass is 16.3. The molecule has 164 valence electrons. The Morgan fingerprint density at radius 1 is 0.625 bits per heavy atom. The Kier molecular flexibility index (Phi) is 4.20. The van der Waals surface area contributed by atoms with Crippen molar-refractivity contribution in [1.82, 2.24) is 0 Å². The second-order valence-corrected chi connectivity index (χ2v) is 9.99. The van der Waals surface area contributed by atoms with E-state index in [1.54, 1.807) is 0 Å². The number of allylic oxidation sites excluding steroid dienone is 4. The van der Waals surface area contributed by atoms with Crippen LogP contribution in [0.2, 0.25) is 0 Å². The summed E-state index contributed by atoms with van der Waals surface area (Å²) in [5.74, 6) is 0.283. The molecule has 1 aliphatic carbocycles. The van der Waals surface area contributed by atoms with E-state index in [0.29, 0.717) is 11.1 Å². The molecule has 0 atom stereocenters. The molecule has 2 aromatic carbocycles. The van der Waals surface area contributed by atoms with Crippen molar-refractivity contribution >= 4 is 11.4 Å². The van der Waals surface area contributed by atoms with Crippen LogP contribution in [0.4, 0.5) is 11.4 Å². The molecule has 32 heavy (non-hydrogen) atoms. The van der Waals surface area contributed by atoms with Crippen LogP contribution in [0.3, 0.4) is 0 Å². The Hall–Kier alpha value is -3.40. The highest BCUT2D eigenvalue weighted by molar-refractivity contribution is 5.75. The van der Waals surface area contributed by atoms with Crippen LogP contribution < -0.4 is 9.80 Å². The van der Waals surface area contributed by atoms with Crippen molar-refractivity contribution in [3.63, 3.8) is 0 Å². The minimum atomic E-state index is -0.220. The summed E-state index contributed by atoms with van der Waals surface area (Å²) < 4.78 is 0. The van der Waals surface area contributed by atoms with Gasteiger partial charge in [-0.25, -0.2) is 0 Å². The maximum Gasteiger partial charge on any atom is 0.137 e. The lowest BCUT2D eigenvalue weighted by molar-refractivity contribution is 0.354. The van der Waals surface area contributed by atoms with Crippen LogP contribution in [0.15, 0.2) is 94.7 Å². The third-order valence-corrected chi connectivity index (χ3v) is 7.46. The van der Waals surface area contributed by atoms with Crippen molar-refractivity contribution in [2.45, 2.75) is 38.5 Å². The van der Waals surface area contributed by atoms with Gasteiger partial charge < -0.3 is 20.0 Å². The average molecular weight is 427 g/mol. The van der Waals surface area contributed by atoms with Crippen molar-refractivity contribution in [2.24, 2.45) is 0 Å². The zero-order valence-corrected chi connectivity index (χ0v) is 19.6. The van der Waals surface area contributed by atoms with E-state index in [-0.39, 0.29) is 22.3 Å². The Labute approximate surface area is 190 Å². The lowest BCUT2D eigenvalue weighted by Gasteiger charge is -2.29. The number of benzene rings is 2. The van der Waals surface area contributed by atoms with Crippen molar-refractivity contribution in [3.05, 3.63) is 106 Å². The van der Waals surface area contributed by atoms with Crippen molar-refractivity contribution in [3.8, 4) is 0 Å². The largest absolute Gasteiger partial charge is 0.506 e. The van der Waals surface area contributed by atoms with Crippen LogP contribution in [-0.2, 0) is 10.8 Å². The molecule has 0 saturated carbocycles. The quantitative estimate of drug-likeness (QED) is 0.596. The highest BCUT2D eigenvalue weighted by Crippen LogP contribution is 2.50. The van der Waals surface area contributed by atoms with Gasteiger partial charge in [-0.15, -0.1) is 0 Å². The molecule has 0 spiro atoms. The smallest absolute Gasteiger partial charge is 0.137 e. The molecule has 0 fully saturated rings. The summed E-state index contributed by atoms with van der Waals surface area (Å²) in [4.78, 5) is 4.29. The third kappa shape index (κ3) is 2.56. The molecular formula is C28H30N2O2. The van der Waals surface area contributed by atoms with Gasteiger partial charge >= 0.3 is 0 Å². The summed E-state index contributed by atoms with van der Waals surface area (Å²) in [6.45, 7) is 8.70. The van der Waals surface area contributed by atoms with E-state index in [1.807, 2.05) is 38.4 Å². The number of fused-ring (bicyclic) bond motifs is 2. The molecule has 4 nitrogen and oxygen atoms in total. The predicted octanol–water partition coefficient (Wildman–Crippen LogP) is 6.25. The molecular weight excluding hydrogens is 396 g/mol. The van der Waals surface area contributed by atoms with Gasteiger partial charge in [0.1, 0.15) is 11.5 Å². The lowest BCUT2D eigenvalue weighted by atomic mass is 9.80. The fourth-order valence-electron chi connectivity index (χ4n) is 5.52. The first-order chi connectivity index (χ1) is 15.1. The predicted molar refractivity (Wildman–Crippen MR) is 131 cm³/mol. The van der Waals surface area contributed by atoms with Crippen LogP contribution in [0, 0.1) is 0 Å². The Morgan fingerprint density at radius 3 is 1.31 bits per heavy atom. The van der Waals surface area contributed by atoms with E-state index < -0.39 is 0 Å². The van der Waals surface area contributed by atoms with E-state index >= 15 is 0 Å². The normalized spacial score (nSPS) is 23.2. The van der Waals surface area contributed by atoms with Crippen LogP contribution >= 0.6 is 0 Å². The maximum absolute atomic E-state index is 10.9. The van der Waals surface area contributed by atoms with Crippen LogP contribution in [0.5, 0.6) is 0 Å². The molecule has 0 bridgehead atoms. The first kappa shape index (κ1) is 20.5. The van der Waals surface area contributed by atoms with E-state index in [9.17, 15) is 10.2 Å². The molecule has 5 rings (SSSR count). The summed E-state index contributed by atoms with van der Waals surface area (Å²) in [7, 11) is 4.07. The van der Waals surface area contributed by atoms with Gasteiger partial charge in [0, 0.05) is 47.7 Å². The van der Waals surface area contributed by atoms with Crippen molar-refractivity contribution in [1.29, 1.82) is 0 Å². The fraction of sp³-hybridized carbons (Fsp3) is 0.286. The number of anilines is 2. The average Bonchev–Trinajstić information content (AvgIpc) is 3.09. The molecule has 3 aliphatic rings. The summed E-state index contributed by atoms with van der Waals surface area (Å²) >= 11 is 0. The van der Waals surface area contributed by atoms with E-state index in [0.717, 1.165) is 22.8 Å². The standard InChI is InChI=1S/C28H30N2O2/c1-27(2)19-11-7-9-13-21(19)29(5)23(27)15-17-25(31)18(26(17)32)16-24-28(3,4)20-12-8-10-14-22(20)30(24)6/h7-16,31-32H,1-6H3/b23-15+,24-16+. The molecule has 4 heteroatoms. The van der Waals surface area contributed by atoms with E-state index in [2.05, 4.69) is 73.9 Å². The number of aliphatic hydroxyl groups excluding tert-OH is 2. The van der Waals surface area contributed by atoms with Gasteiger partial charge in [-0.05, 0) is 35.4 Å². The maximum atomic E-state index is 10.9. The first-order valence-electron chi connectivity index (χ1n) is 11.0. The molecule has 0 aromatic heterocycles. The van der Waals surface area contributed by atoms with Crippen LogP contribution in [-0.4, -0.2) is 24.3 Å². The molecule has 0 unspecified atom stereocenters. The molecule has 2 N–H and O–H groups in total. The molecule has 0 saturated heterocycles. The Morgan fingerprint density at radius 2 is 0.969 bits per heavy atom. The Bertz CT molecular complexity index is 1160. The van der Waals surface area contributed by atoms with Gasteiger partial charge in [-0.1, -0.05) is 64.1 Å². The van der Waals surface area contributed by atoms with E-state index in [1.165, 1.54) is 11.1 Å². The van der Waals surface area contributed by atoms with Gasteiger partial charge in [0.05, 0.1) is 11.1 Å². The number of hydrogen-bond acceptors (Lipinski definition) is 4. The topological polar surface area (TPSA) is 46.9 Å². The SMILES string of the molecule is CN1/C(=C/C2=C(O)C(/C=C3/N(C)c4ccccc4C3(C)C)=C2O)C(C)(C)c2ccccc21. The molecule has 2 heterocycles. The van der Waals surface area contributed by atoms with Gasteiger partial charge in [0.25, 0.3) is 0 Å². The number of nitrogens with zero attached hydrogens (tertiary/aromatic N) is 2. The molecule has 0 amide bonds. The number of aliphatic hydroxyl groups is 2. The van der Waals surface area contributed by atoms with Crippen molar-refractivity contribution < 1.29 is 10.2 Å². The second kappa shape index (κ2) is 6.55. The van der Waals surface area contributed by atoms with Crippen molar-refractivity contribution in [2.75, 3.05) is 23.9 Å². The zero-order valence-electron chi connectivity index (χ0n) is 19.6. The first-order valence-corrected chi connectivity index (χ1v) is 11.0. The number of para-hydroxylation sites is 2. The Balaban J connectivity index is 1.52. The van der Waals surface area contributed by atoms with Crippen LogP contribution in [0.25, 0.3) is 0 Å². The summed E-state index contributed by atoms with van der Waals surface area (Å²) in [5.41, 5.74) is 7.43. The van der Waals surface area contributed by atoms with E-state index in [4.69, 9.17) is 0 Å². The highest BCUT2D eigenvalue weighted by Gasteiger charge is 2.42. The number of likely N-dealkylation sites (N-methyl/N-ethyl adjacent to an activating group) is 2.